The molecule has 0 bridgehead atoms. The van der Waals surface area contributed by atoms with Gasteiger partial charge in [-0.25, -0.2) is 18.0 Å². The quantitative estimate of drug-likeness (QED) is 0.336. The molecule has 7 nitrogen and oxygen atoms in total. The molecule has 0 spiro atoms. The second-order valence-corrected chi connectivity index (χ2v) is 4.46. The summed E-state index contributed by atoms with van der Waals surface area (Å²) in [6.07, 6.45) is 0. The maximum Gasteiger partial charge on any atom is 1.00 e. The molecule has 0 unspecified atom stereocenters. The normalized spacial score (nSPS) is 10.3. The number of hydrogen-bond acceptors (Lipinski definition) is 7. The zero-order valence-electron chi connectivity index (χ0n) is 10.5. The number of carbonyl (C=O) groups excluding carboxylic acids is 2. The Kier molecular flexibility index (Phi) is 7.36. The van der Waals surface area contributed by atoms with E-state index in [-0.39, 0.29) is 56.9 Å². The van der Waals surface area contributed by atoms with Gasteiger partial charge in [0.05, 0.1) is 30.2 Å². The van der Waals surface area contributed by atoms with E-state index in [1.165, 1.54) is 0 Å². The Morgan fingerprint density at radius 2 is 1.63 bits per heavy atom. The van der Waals surface area contributed by atoms with Gasteiger partial charge in [0.15, 0.2) is 0 Å². The van der Waals surface area contributed by atoms with Gasteiger partial charge in [0.25, 0.3) is 0 Å². The number of methoxy groups -OCH3 is 2. The van der Waals surface area contributed by atoms with Crippen molar-refractivity contribution in [3.63, 3.8) is 0 Å². The van der Waals surface area contributed by atoms with E-state index >= 15 is 0 Å². The van der Waals surface area contributed by atoms with E-state index in [4.69, 9.17) is 0 Å². The fraction of sp³-hybridized carbons (Fsp3) is 0.200. The van der Waals surface area contributed by atoms with Gasteiger partial charge in [-0.1, -0.05) is 6.07 Å². The average molecular weight is 312 g/mol. The van der Waals surface area contributed by atoms with Crippen LogP contribution in [0.25, 0.3) is 0 Å². The minimum absolute atomic E-state index is 0. The predicted molar refractivity (Wildman–Crippen MR) is 57.1 cm³/mol. The summed E-state index contributed by atoms with van der Waals surface area (Å²) < 4.78 is 41.8. The van der Waals surface area contributed by atoms with Gasteiger partial charge >= 0.3 is 63.3 Å². The summed E-state index contributed by atoms with van der Waals surface area (Å²) in [5.74, 6) is -2.05. The Morgan fingerprint density at radius 1 is 1.11 bits per heavy atom. The number of benzene rings is 1. The molecule has 0 atom stereocenters. The molecule has 0 amide bonds. The molecular formula is C10H9KO7S. The fourth-order valence-electron chi connectivity index (χ4n) is 1.33. The SMILES string of the molecule is COC(=O)c1cccc(S(=O)(=O)[O-])c1C(=O)OC.[K+]. The average Bonchev–Trinajstić information content (AvgIpc) is 2.34. The maximum atomic E-state index is 11.5. The van der Waals surface area contributed by atoms with Gasteiger partial charge in [0.2, 0.25) is 0 Å². The van der Waals surface area contributed by atoms with Crippen LogP contribution in [-0.2, 0) is 19.6 Å². The summed E-state index contributed by atoms with van der Waals surface area (Å²) in [6, 6.07) is 3.23. The van der Waals surface area contributed by atoms with Gasteiger partial charge in [0, 0.05) is 0 Å². The van der Waals surface area contributed by atoms with Crippen molar-refractivity contribution in [1.29, 1.82) is 0 Å². The zero-order valence-corrected chi connectivity index (χ0v) is 14.4. The molecule has 0 aromatic heterocycles. The fourth-order valence-corrected chi connectivity index (χ4v) is 2.02. The van der Waals surface area contributed by atoms with Crippen LogP contribution in [0.15, 0.2) is 23.1 Å². The molecule has 0 saturated heterocycles. The van der Waals surface area contributed by atoms with Gasteiger partial charge in [-0.2, -0.15) is 0 Å². The van der Waals surface area contributed by atoms with E-state index in [1.807, 2.05) is 0 Å². The molecule has 9 heteroatoms. The molecule has 0 aliphatic rings. The van der Waals surface area contributed by atoms with Gasteiger partial charge in [-0.05, 0) is 12.1 Å². The summed E-state index contributed by atoms with van der Waals surface area (Å²) in [4.78, 5) is 22.1. The van der Waals surface area contributed by atoms with Crippen molar-refractivity contribution < 1.29 is 83.4 Å². The number of rotatable bonds is 3. The summed E-state index contributed by atoms with van der Waals surface area (Å²) in [5.41, 5.74) is -0.969. The van der Waals surface area contributed by atoms with Crippen LogP contribution >= 0.6 is 0 Å². The molecule has 1 aromatic rings. The first-order valence-electron chi connectivity index (χ1n) is 4.58. The van der Waals surface area contributed by atoms with E-state index in [2.05, 4.69) is 9.47 Å². The maximum absolute atomic E-state index is 11.5. The van der Waals surface area contributed by atoms with Gasteiger partial charge in [-0.3, -0.25) is 0 Å². The zero-order chi connectivity index (χ0) is 13.9. The van der Waals surface area contributed by atoms with Crippen LogP contribution in [0.2, 0.25) is 0 Å². The largest absolute Gasteiger partial charge is 1.00 e. The second-order valence-electron chi connectivity index (χ2n) is 3.12. The minimum Gasteiger partial charge on any atom is -0.744 e. The summed E-state index contributed by atoms with van der Waals surface area (Å²) in [6.45, 7) is 0. The van der Waals surface area contributed by atoms with Crippen LogP contribution in [0.4, 0.5) is 0 Å². The van der Waals surface area contributed by atoms with Gasteiger partial charge < -0.3 is 14.0 Å². The predicted octanol–water partition coefficient (Wildman–Crippen LogP) is -2.83. The van der Waals surface area contributed by atoms with E-state index in [0.717, 1.165) is 32.4 Å². The van der Waals surface area contributed by atoms with Crippen molar-refractivity contribution in [2.24, 2.45) is 0 Å². The standard InChI is InChI=1S/C10H10O7S.K/c1-16-9(11)6-4-3-5-7(18(13,14)15)8(6)10(12)17-2;/h3-5H,1-2H3,(H,13,14,15);/q;+1/p-1. The Morgan fingerprint density at radius 3 is 2.05 bits per heavy atom. The van der Waals surface area contributed by atoms with Crippen molar-refractivity contribution in [2.45, 2.75) is 4.90 Å². The number of carbonyl (C=O) groups is 2. The van der Waals surface area contributed by atoms with E-state index in [9.17, 15) is 22.6 Å². The molecule has 1 rings (SSSR count). The third kappa shape index (κ3) is 4.34. The van der Waals surface area contributed by atoms with Crippen molar-refractivity contribution in [2.75, 3.05) is 14.2 Å². The number of ether oxygens (including phenoxy) is 2. The summed E-state index contributed by atoms with van der Waals surface area (Å²) >= 11 is 0. The number of hydrogen-bond donors (Lipinski definition) is 0. The Hall–Kier alpha value is -0.294. The molecule has 1 aromatic carbocycles. The molecule has 0 radical (unpaired) electrons. The topological polar surface area (TPSA) is 110 Å². The summed E-state index contributed by atoms with van der Waals surface area (Å²) in [7, 11) is -2.86. The van der Waals surface area contributed by atoms with Crippen LogP contribution in [-0.4, -0.2) is 39.1 Å². The smallest absolute Gasteiger partial charge is 0.744 e. The van der Waals surface area contributed by atoms with Crippen molar-refractivity contribution in [1.82, 2.24) is 0 Å². The molecule has 0 aliphatic carbocycles. The first-order valence-corrected chi connectivity index (χ1v) is 5.99. The van der Waals surface area contributed by atoms with E-state index in [0.29, 0.717) is 0 Å². The summed E-state index contributed by atoms with van der Waals surface area (Å²) in [5, 5.41) is 0. The van der Waals surface area contributed by atoms with Crippen LogP contribution in [0.3, 0.4) is 0 Å². The molecule has 0 heterocycles. The molecular weight excluding hydrogens is 303 g/mol. The third-order valence-electron chi connectivity index (χ3n) is 2.09. The Bertz CT molecular complexity index is 594. The molecule has 0 saturated carbocycles. The monoisotopic (exact) mass is 312 g/mol. The molecule has 0 N–H and O–H groups in total. The first-order chi connectivity index (χ1) is 8.32. The van der Waals surface area contributed by atoms with Crippen LogP contribution in [0, 0.1) is 0 Å². The van der Waals surface area contributed by atoms with Crippen LogP contribution < -0.4 is 51.4 Å². The van der Waals surface area contributed by atoms with Gasteiger partial charge in [0.1, 0.15) is 10.1 Å². The minimum atomic E-state index is -4.91. The van der Waals surface area contributed by atoms with Gasteiger partial charge in [-0.15, -0.1) is 0 Å². The van der Waals surface area contributed by atoms with E-state index in [1.54, 1.807) is 0 Å². The Labute approximate surface area is 152 Å². The van der Waals surface area contributed by atoms with E-state index < -0.39 is 32.5 Å². The molecule has 0 aliphatic heterocycles. The molecule has 19 heavy (non-hydrogen) atoms. The molecule has 0 fully saturated rings. The van der Waals surface area contributed by atoms with Crippen molar-refractivity contribution in [3.05, 3.63) is 29.3 Å². The molecule has 98 valence electrons. The number of esters is 2. The van der Waals surface area contributed by atoms with Crippen LogP contribution in [0.1, 0.15) is 20.7 Å². The Balaban J connectivity index is 0.00000324. The van der Waals surface area contributed by atoms with Crippen LogP contribution in [0.5, 0.6) is 0 Å². The first kappa shape index (κ1) is 18.7. The third-order valence-corrected chi connectivity index (χ3v) is 2.97. The van der Waals surface area contributed by atoms with Crippen molar-refractivity contribution in [3.8, 4) is 0 Å². The second kappa shape index (κ2) is 7.48. The van der Waals surface area contributed by atoms with Crippen molar-refractivity contribution >= 4 is 22.1 Å².